The van der Waals surface area contributed by atoms with Crippen LogP contribution in [0.5, 0.6) is 0 Å². The number of aromatic nitrogens is 3. The SMILES string of the molecule is CN(C)CC(C)(C)Cn1c(CCCl)nc2cc(Br)cnc21. The summed E-state index contributed by atoms with van der Waals surface area (Å²) < 4.78 is 3.16. The zero-order valence-corrected chi connectivity index (χ0v) is 15.4. The molecule has 0 aliphatic carbocycles. The fourth-order valence-corrected chi connectivity index (χ4v) is 3.30. The highest BCUT2D eigenvalue weighted by atomic mass is 79.9. The van der Waals surface area contributed by atoms with Crippen LogP contribution < -0.4 is 0 Å². The van der Waals surface area contributed by atoms with Gasteiger partial charge in [0.15, 0.2) is 5.65 Å². The molecule has 116 valence electrons. The second-order valence-electron chi connectivity index (χ2n) is 6.45. The largest absolute Gasteiger partial charge is 0.312 e. The smallest absolute Gasteiger partial charge is 0.160 e. The van der Waals surface area contributed by atoms with Gasteiger partial charge in [-0.1, -0.05) is 13.8 Å². The maximum atomic E-state index is 5.93. The molecular formula is C15H22BrClN4. The Morgan fingerprint density at radius 2 is 2.10 bits per heavy atom. The summed E-state index contributed by atoms with van der Waals surface area (Å²) in [5.41, 5.74) is 1.99. The average molecular weight is 374 g/mol. The van der Waals surface area contributed by atoms with Gasteiger partial charge in [-0.05, 0) is 41.5 Å². The highest BCUT2D eigenvalue weighted by Gasteiger charge is 2.23. The number of nitrogens with zero attached hydrogens (tertiary/aromatic N) is 4. The lowest BCUT2D eigenvalue weighted by Gasteiger charge is -2.29. The Bertz CT molecular complexity index is 621. The lowest BCUT2D eigenvalue weighted by Crippen LogP contribution is -2.33. The van der Waals surface area contributed by atoms with Crippen LogP contribution in [0.1, 0.15) is 19.7 Å². The molecule has 0 aliphatic heterocycles. The highest BCUT2D eigenvalue weighted by Crippen LogP contribution is 2.25. The van der Waals surface area contributed by atoms with Crippen LogP contribution in [0.4, 0.5) is 0 Å². The van der Waals surface area contributed by atoms with E-state index in [1.807, 2.05) is 12.3 Å². The van der Waals surface area contributed by atoms with Crippen molar-refractivity contribution in [3.63, 3.8) is 0 Å². The maximum Gasteiger partial charge on any atom is 0.160 e. The van der Waals surface area contributed by atoms with E-state index in [-0.39, 0.29) is 5.41 Å². The predicted octanol–water partition coefficient (Wildman–Crippen LogP) is 3.56. The molecule has 21 heavy (non-hydrogen) atoms. The van der Waals surface area contributed by atoms with Gasteiger partial charge in [0.25, 0.3) is 0 Å². The normalized spacial score (nSPS) is 12.5. The lowest BCUT2D eigenvalue weighted by atomic mass is 9.92. The fourth-order valence-electron chi connectivity index (χ4n) is 2.81. The molecule has 0 fully saturated rings. The highest BCUT2D eigenvalue weighted by molar-refractivity contribution is 9.10. The van der Waals surface area contributed by atoms with E-state index in [9.17, 15) is 0 Å². The predicted molar refractivity (Wildman–Crippen MR) is 92.0 cm³/mol. The van der Waals surface area contributed by atoms with Crippen LogP contribution in [0.25, 0.3) is 11.2 Å². The quantitative estimate of drug-likeness (QED) is 0.726. The first-order chi connectivity index (χ1) is 9.82. The summed E-state index contributed by atoms with van der Waals surface area (Å²) in [4.78, 5) is 11.5. The second kappa shape index (κ2) is 6.63. The molecule has 2 aromatic heterocycles. The van der Waals surface area contributed by atoms with Crippen molar-refractivity contribution in [2.45, 2.75) is 26.8 Å². The van der Waals surface area contributed by atoms with Crippen LogP contribution in [-0.4, -0.2) is 46.0 Å². The molecule has 0 unspecified atom stereocenters. The van der Waals surface area contributed by atoms with Gasteiger partial charge in [0, 0.05) is 36.1 Å². The Kier molecular flexibility index (Phi) is 5.28. The third kappa shape index (κ3) is 4.18. The van der Waals surface area contributed by atoms with E-state index < -0.39 is 0 Å². The lowest BCUT2D eigenvalue weighted by molar-refractivity contribution is 0.211. The summed E-state index contributed by atoms with van der Waals surface area (Å²) in [6.45, 7) is 6.41. The second-order valence-corrected chi connectivity index (χ2v) is 7.75. The molecule has 4 nitrogen and oxygen atoms in total. The molecule has 6 heteroatoms. The van der Waals surface area contributed by atoms with Crippen molar-refractivity contribution in [1.82, 2.24) is 19.4 Å². The molecule has 0 spiro atoms. The number of hydrogen-bond donors (Lipinski definition) is 0. The van der Waals surface area contributed by atoms with Gasteiger partial charge in [0.05, 0.1) is 0 Å². The van der Waals surface area contributed by atoms with Crippen molar-refractivity contribution < 1.29 is 0 Å². The number of halogens is 2. The number of fused-ring (bicyclic) bond motifs is 1. The molecule has 2 heterocycles. The zero-order valence-electron chi connectivity index (χ0n) is 13.0. The average Bonchev–Trinajstić information content (AvgIpc) is 2.64. The molecule has 2 rings (SSSR count). The summed E-state index contributed by atoms with van der Waals surface area (Å²) in [5, 5.41) is 0. The van der Waals surface area contributed by atoms with Gasteiger partial charge in [-0.25, -0.2) is 9.97 Å². The molecule has 0 amide bonds. The van der Waals surface area contributed by atoms with Crippen LogP contribution in [0, 0.1) is 5.41 Å². The van der Waals surface area contributed by atoms with E-state index in [0.29, 0.717) is 5.88 Å². The maximum absolute atomic E-state index is 5.93. The molecule has 2 aromatic rings. The molecule has 0 aromatic carbocycles. The summed E-state index contributed by atoms with van der Waals surface area (Å²) in [6, 6.07) is 2.01. The minimum Gasteiger partial charge on any atom is -0.312 e. The summed E-state index contributed by atoms with van der Waals surface area (Å²) in [5.74, 6) is 1.58. The molecule has 0 aliphatic rings. The number of rotatable bonds is 6. The van der Waals surface area contributed by atoms with Crippen molar-refractivity contribution in [2.75, 3.05) is 26.5 Å². The van der Waals surface area contributed by atoms with Gasteiger partial charge >= 0.3 is 0 Å². The van der Waals surface area contributed by atoms with Crippen LogP contribution in [0.3, 0.4) is 0 Å². The molecule has 0 saturated heterocycles. The molecule has 0 saturated carbocycles. The van der Waals surface area contributed by atoms with Gasteiger partial charge in [-0.15, -0.1) is 11.6 Å². The van der Waals surface area contributed by atoms with Gasteiger partial charge < -0.3 is 9.47 Å². The topological polar surface area (TPSA) is 34.0 Å². The fraction of sp³-hybridized carbons (Fsp3) is 0.600. The van der Waals surface area contributed by atoms with Crippen LogP contribution >= 0.6 is 27.5 Å². The number of alkyl halides is 1. The van der Waals surface area contributed by atoms with Crippen molar-refractivity contribution >= 4 is 38.7 Å². The minimum absolute atomic E-state index is 0.132. The zero-order chi connectivity index (χ0) is 15.6. The third-order valence-electron chi connectivity index (χ3n) is 3.28. The van der Waals surface area contributed by atoms with Crippen molar-refractivity contribution in [3.05, 3.63) is 22.6 Å². The van der Waals surface area contributed by atoms with E-state index in [2.05, 4.69) is 58.3 Å². The first kappa shape index (κ1) is 16.7. The Morgan fingerprint density at radius 1 is 1.38 bits per heavy atom. The Labute approximate surface area is 139 Å². The van der Waals surface area contributed by atoms with E-state index in [4.69, 9.17) is 16.6 Å². The minimum atomic E-state index is 0.132. The molecule has 0 bridgehead atoms. The summed E-state index contributed by atoms with van der Waals surface area (Å²) in [7, 11) is 4.20. The Balaban J connectivity index is 2.42. The first-order valence-corrected chi connectivity index (χ1v) is 8.36. The molecule has 0 N–H and O–H groups in total. The van der Waals surface area contributed by atoms with Gasteiger partial charge in [-0.3, -0.25) is 0 Å². The molecule has 0 atom stereocenters. The van der Waals surface area contributed by atoms with Crippen LogP contribution in [-0.2, 0) is 13.0 Å². The standard InChI is InChI=1S/C15H22BrClN4/c1-15(2,9-20(3)4)10-21-13(5-6-17)19-12-7-11(16)8-18-14(12)21/h7-8H,5-6,9-10H2,1-4H3. The van der Waals surface area contributed by atoms with Crippen molar-refractivity contribution in [3.8, 4) is 0 Å². The van der Waals surface area contributed by atoms with E-state index in [0.717, 1.165) is 41.0 Å². The third-order valence-corrected chi connectivity index (χ3v) is 3.90. The monoisotopic (exact) mass is 372 g/mol. The van der Waals surface area contributed by atoms with E-state index in [1.54, 1.807) is 0 Å². The Hall–Kier alpha value is -0.650. The van der Waals surface area contributed by atoms with Gasteiger partial charge in [-0.2, -0.15) is 0 Å². The van der Waals surface area contributed by atoms with Crippen molar-refractivity contribution in [1.29, 1.82) is 0 Å². The van der Waals surface area contributed by atoms with Crippen molar-refractivity contribution in [2.24, 2.45) is 5.41 Å². The number of hydrogen-bond acceptors (Lipinski definition) is 3. The number of imidazole rings is 1. The summed E-state index contributed by atoms with van der Waals surface area (Å²) in [6.07, 6.45) is 2.58. The Morgan fingerprint density at radius 3 is 2.71 bits per heavy atom. The summed E-state index contributed by atoms with van der Waals surface area (Å²) >= 11 is 9.39. The van der Waals surface area contributed by atoms with Crippen LogP contribution in [0.15, 0.2) is 16.7 Å². The first-order valence-electron chi connectivity index (χ1n) is 7.04. The van der Waals surface area contributed by atoms with Crippen LogP contribution in [0.2, 0.25) is 0 Å². The number of aryl methyl sites for hydroxylation is 1. The van der Waals surface area contributed by atoms with Gasteiger partial charge in [0.2, 0.25) is 0 Å². The molecular weight excluding hydrogens is 352 g/mol. The van der Waals surface area contributed by atoms with E-state index in [1.165, 1.54) is 0 Å². The van der Waals surface area contributed by atoms with E-state index >= 15 is 0 Å². The molecule has 0 radical (unpaired) electrons. The van der Waals surface area contributed by atoms with Gasteiger partial charge in [0.1, 0.15) is 11.3 Å². The number of pyridine rings is 1.